The Bertz CT molecular complexity index is 420. The topological polar surface area (TPSA) is 52.6 Å². The van der Waals surface area contributed by atoms with Crippen molar-refractivity contribution < 1.29 is 9.90 Å². The predicted molar refractivity (Wildman–Crippen MR) is 70.7 cm³/mol. The molecule has 1 saturated heterocycles. The molecule has 4 nitrogen and oxygen atoms in total. The molecule has 1 aliphatic heterocycles. The minimum atomic E-state index is -0.198. The molecule has 0 unspecified atom stereocenters. The second-order valence-electron chi connectivity index (χ2n) is 4.65. The zero-order chi connectivity index (χ0) is 13.0. The number of likely N-dealkylation sites (tertiary alicyclic amines) is 1. The minimum absolute atomic E-state index is 0.0359. The Balaban J connectivity index is 1.91. The lowest BCUT2D eigenvalue weighted by Gasteiger charge is -2.22. The van der Waals surface area contributed by atoms with Gasteiger partial charge in [0.05, 0.1) is 5.56 Å². The van der Waals surface area contributed by atoms with Crippen LogP contribution < -0.4 is 5.32 Å². The van der Waals surface area contributed by atoms with Crippen LogP contribution in [0.1, 0.15) is 30.1 Å². The molecule has 1 atom stereocenters. The standard InChI is InChI=1S/C14H20N2O2/c1-2-16-9-5-6-11(16)10-15-14(18)12-7-3-4-8-13(12)17/h3-4,7-8,11,17H,2,5-6,9-10H2,1H3,(H,15,18)/t11-/m0/s1. The molecule has 0 aromatic heterocycles. The van der Waals surface area contributed by atoms with E-state index in [9.17, 15) is 9.90 Å². The number of nitrogens with one attached hydrogen (secondary N) is 1. The van der Waals surface area contributed by atoms with Crippen LogP contribution in [0.5, 0.6) is 5.75 Å². The quantitative estimate of drug-likeness (QED) is 0.851. The molecular formula is C14H20N2O2. The molecule has 0 radical (unpaired) electrons. The molecule has 1 aromatic rings. The summed E-state index contributed by atoms with van der Waals surface area (Å²) < 4.78 is 0. The van der Waals surface area contributed by atoms with E-state index in [0.29, 0.717) is 18.2 Å². The van der Waals surface area contributed by atoms with Crippen molar-refractivity contribution in [1.29, 1.82) is 0 Å². The van der Waals surface area contributed by atoms with E-state index in [-0.39, 0.29) is 11.7 Å². The molecule has 1 aliphatic rings. The third-order valence-electron chi connectivity index (χ3n) is 3.55. The Morgan fingerprint density at radius 1 is 1.50 bits per heavy atom. The van der Waals surface area contributed by atoms with Gasteiger partial charge < -0.3 is 10.4 Å². The molecule has 1 amide bonds. The van der Waals surface area contributed by atoms with Gasteiger partial charge in [-0.15, -0.1) is 0 Å². The number of amides is 1. The second-order valence-corrected chi connectivity index (χ2v) is 4.65. The van der Waals surface area contributed by atoms with Gasteiger partial charge in [0, 0.05) is 12.6 Å². The molecule has 1 heterocycles. The maximum atomic E-state index is 11.9. The molecular weight excluding hydrogens is 228 g/mol. The van der Waals surface area contributed by atoms with Crippen molar-refractivity contribution in [3.8, 4) is 5.75 Å². The van der Waals surface area contributed by atoms with Crippen molar-refractivity contribution in [3.05, 3.63) is 29.8 Å². The first-order valence-corrected chi connectivity index (χ1v) is 6.52. The number of carbonyl (C=O) groups excluding carboxylic acids is 1. The van der Waals surface area contributed by atoms with Crippen molar-refractivity contribution in [2.45, 2.75) is 25.8 Å². The van der Waals surface area contributed by atoms with Gasteiger partial charge in [-0.25, -0.2) is 0 Å². The lowest BCUT2D eigenvalue weighted by atomic mass is 10.1. The minimum Gasteiger partial charge on any atom is -0.507 e. The van der Waals surface area contributed by atoms with Crippen molar-refractivity contribution in [3.63, 3.8) is 0 Å². The molecule has 18 heavy (non-hydrogen) atoms. The normalized spacial score (nSPS) is 19.9. The molecule has 1 aromatic carbocycles. The van der Waals surface area contributed by atoms with E-state index in [2.05, 4.69) is 17.1 Å². The summed E-state index contributed by atoms with van der Waals surface area (Å²) >= 11 is 0. The number of likely N-dealkylation sites (N-methyl/N-ethyl adjacent to an activating group) is 1. The third kappa shape index (κ3) is 2.82. The van der Waals surface area contributed by atoms with Gasteiger partial charge in [0.15, 0.2) is 0 Å². The van der Waals surface area contributed by atoms with Crippen LogP contribution in [0, 0.1) is 0 Å². The molecule has 2 N–H and O–H groups in total. The van der Waals surface area contributed by atoms with E-state index in [1.54, 1.807) is 18.2 Å². The lowest BCUT2D eigenvalue weighted by Crippen LogP contribution is -2.40. The van der Waals surface area contributed by atoms with Crippen molar-refractivity contribution in [2.75, 3.05) is 19.6 Å². The fourth-order valence-corrected chi connectivity index (χ4v) is 2.51. The maximum absolute atomic E-state index is 11.9. The summed E-state index contributed by atoms with van der Waals surface area (Å²) in [5.74, 6) is -0.162. The van der Waals surface area contributed by atoms with E-state index < -0.39 is 0 Å². The number of rotatable bonds is 4. The van der Waals surface area contributed by atoms with Crippen LogP contribution in [0.3, 0.4) is 0 Å². The predicted octanol–water partition coefficient (Wildman–Crippen LogP) is 1.61. The Morgan fingerprint density at radius 2 is 2.28 bits per heavy atom. The number of phenols is 1. The van der Waals surface area contributed by atoms with Crippen LogP contribution in [0.4, 0.5) is 0 Å². The largest absolute Gasteiger partial charge is 0.507 e. The number of phenolic OH excluding ortho intramolecular Hbond substituents is 1. The smallest absolute Gasteiger partial charge is 0.255 e. The fourth-order valence-electron chi connectivity index (χ4n) is 2.51. The number of hydrogen-bond donors (Lipinski definition) is 2. The van der Waals surface area contributed by atoms with Crippen molar-refractivity contribution >= 4 is 5.91 Å². The average molecular weight is 248 g/mol. The number of para-hydroxylation sites is 1. The fraction of sp³-hybridized carbons (Fsp3) is 0.500. The first-order valence-electron chi connectivity index (χ1n) is 6.52. The van der Waals surface area contributed by atoms with Crippen LogP contribution in [-0.2, 0) is 0 Å². The van der Waals surface area contributed by atoms with Gasteiger partial charge in [0.1, 0.15) is 5.75 Å². The average Bonchev–Trinajstić information content (AvgIpc) is 2.84. The summed E-state index contributed by atoms with van der Waals surface area (Å²) in [6.07, 6.45) is 2.33. The highest BCUT2D eigenvalue weighted by Crippen LogP contribution is 2.17. The van der Waals surface area contributed by atoms with Crippen LogP contribution in [-0.4, -0.2) is 41.6 Å². The summed E-state index contributed by atoms with van der Waals surface area (Å²) in [6, 6.07) is 7.06. The Morgan fingerprint density at radius 3 is 3.00 bits per heavy atom. The molecule has 4 heteroatoms. The van der Waals surface area contributed by atoms with Crippen LogP contribution in [0.15, 0.2) is 24.3 Å². The highest BCUT2D eigenvalue weighted by atomic mass is 16.3. The second kappa shape index (κ2) is 5.87. The van der Waals surface area contributed by atoms with Crippen molar-refractivity contribution in [2.24, 2.45) is 0 Å². The van der Waals surface area contributed by atoms with E-state index in [1.165, 1.54) is 12.5 Å². The van der Waals surface area contributed by atoms with E-state index in [1.807, 2.05) is 0 Å². The Labute approximate surface area is 108 Å². The van der Waals surface area contributed by atoms with Gasteiger partial charge in [-0.2, -0.15) is 0 Å². The summed E-state index contributed by atoms with van der Waals surface area (Å²) in [7, 11) is 0. The van der Waals surface area contributed by atoms with Gasteiger partial charge in [0.2, 0.25) is 0 Å². The number of carbonyl (C=O) groups is 1. The first-order chi connectivity index (χ1) is 8.72. The molecule has 0 aliphatic carbocycles. The zero-order valence-electron chi connectivity index (χ0n) is 10.7. The van der Waals surface area contributed by atoms with Crippen LogP contribution >= 0.6 is 0 Å². The summed E-state index contributed by atoms with van der Waals surface area (Å²) in [4.78, 5) is 14.3. The summed E-state index contributed by atoms with van der Waals surface area (Å²) in [6.45, 7) is 4.94. The maximum Gasteiger partial charge on any atom is 0.255 e. The van der Waals surface area contributed by atoms with E-state index in [4.69, 9.17) is 0 Å². The zero-order valence-corrected chi connectivity index (χ0v) is 10.7. The number of aromatic hydroxyl groups is 1. The lowest BCUT2D eigenvalue weighted by molar-refractivity contribution is 0.0938. The van der Waals surface area contributed by atoms with E-state index >= 15 is 0 Å². The van der Waals surface area contributed by atoms with Gasteiger partial charge >= 0.3 is 0 Å². The Kier molecular flexibility index (Phi) is 4.20. The molecule has 98 valence electrons. The van der Waals surface area contributed by atoms with Crippen LogP contribution in [0.2, 0.25) is 0 Å². The van der Waals surface area contributed by atoms with E-state index in [0.717, 1.165) is 19.5 Å². The van der Waals surface area contributed by atoms with Crippen molar-refractivity contribution in [1.82, 2.24) is 10.2 Å². The van der Waals surface area contributed by atoms with Gasteiger partial charge in [-0.3, -0.25) is 9.69 Å². The molecule has 1 fully saturated rings. The highest BCUT2D eigenvalue weighted by Gasteiger charge is 2.23. The van der Waals surface area contributed by atoms with Gasteiger partial charge in [-0.05, 0) is 38.1 Å². The van der Waals surface area contributed by atoms with Gasteiger partial charge in [-0.1, -0.05) is 19.1 Å². The first kappa shape index (κ1) is 12.9. The van der Waals surface area contributed by atoms with Crippen LogP contribution in [0.25, 0.3) is 0 Å². The molecule has 0 bridgehead atoms. The molecule has 2 rings (SSSR count). The number of hydrogen-bond acceptors (Lipinski definition) is 3. The number of benzene rings is 1. The molecule has 0 spiro atoms. The highest BCUT2D eigenvalue weighted by molar-refractivity contribution is 5.96. The summed E-state index contributed by atoms with van der Waals surface area (Å²) in [5.41, 5.74) is 0.346. The van der Waals surface area contributed by atoms with Gasteiger partial charge in [0.25, 0.3) is 5.91 Å². The number of nitrogens with zero attached hydrogens (tertiary/aromatic N) is 1. The summed E-state index contributed by atoms with van der Waals surface area (Å²) in [5, 5.41) is 12.5. The molecule has 0 saturated carbocycles. The monoisotopic (exact) mass is 248 g/mol. The Hall–Kier alpha value is -1.55. The third-order valence-corrected chi connectivity index (χ3v) is 3.55. The SMILES string of the molecule is CCN1CCC[C@H]1CNC(=O)c1ccccc1O.